The summed E-state index contributed by atoms with van der Waals surface area (Å²) in [6.07, 6.45) is 0.999. The van der Waals surface area contributed by atoms with Gasteiger partial charge in [0.05, 0.1) is 6.61 Å². The minimum atomic E-state index is -0.110. The highest BCUT2D eigenvalue weighted by Gasteiger charge is 2.01. The van der Waals surface area contributed by atoms with Crippen LogP contribution in [0.25, 0.3) is 0 Å². The first kappa shape index (κ1) is 15.5. The average molecular weight is 264 g/mol. The first-order valence-corrected chi connectivity index (χ1v) is 6.70. The molecule has 19 heavy (non-hydrogen) atoms. The Kier molecular flexibility index (Phi) is 6.97. The number of ether oxygens (including phenoxy) is 1. The minimum Gasteiger partial charge on any atom is -0.380 e. The van der Waals surface area contributed by atoms with Crippen LogP contribution in [0, 0.1) is 5.92 Å². The molecule has 1 aromatic carbocycles. The fraction of sp³-hybridized carbons (Fsp3) is 0.533. The first-order chi connectivity index (χ1) is 9.11. The zero-order chi connectivity index (χ0) is 14.1. The predicted octanol–water partition coefficient (Wildman–Crippen LogP) is 2.68. The standard InChI is InChI=1S/C15H24N2O2/c1-12(2)8-9-16-15(18)17-10-13-4-6-14(7-5-13)11-19-3/h4-7,12H,8-11H2,1-3H3,(H2,16,17,18). The van der Waals surface area contributed by atoms with Crippen molar-refractivity contribution in [2.75, 3.05) is 13.7 Å². The second-order valence-electron chi connectivity index (χ2n) is 5.04. The van der Waals surface area contributed by atoms with Gasteiger partial charge >= 0.3 is 6.03 Å². The Morgan fingerprint density at radius 3 is 2.37 bits per heavy atom. The Morgan fingerprint density at radius 2 is 1.79 bits per heavy atom. The molecule has 2 N–H and O–H groups in total. The Balaban J connectivity index is 2.25. The van der Waals surface area contributed by atoms with Crippen molar-refractivity contribution in [1.29, 1.82) is 0 Å². The van der Waals surface area contributed by atoms with Crippen LogP contribution in [-0.2, 0) is 17.9 Å². The molecule has 0 fully saturated rings. The summed E-state index contributed by atoms with van der Waals surface area (Å²) >= 11 is 0. The van der Waals surface area contributed by atoms with E-state index in [1.165, 1.54) is 0 Å². The van der Waals surface area contributed by atoms with Crippen LogP contribution in [0.1, 0.15) is 31.4 Å². The lowest BCUT2D eigenvalue weighted by Crippen LogP contribution is -2.35. The molecule has 0 bridgehead atoms. The monoisotopic (exact) mass is 264 g/mol. The summed E-state index contributed by atoms with van der Waals surface area (Å²) in [5, 5.41) is 5.69. The van der Waals surface area contributed by atoms with Crippen LogP contribution < -0.4 is 10.6 Å². The maximum absolute atomic E-state index is 11.5. The topological polar surface area (TPSA) is 50.4 Å². The molecule has 0 aliphatic rings. The summed E-state index contributed by atoms with van der Waals surface area (Å²) in [5.41, 5.74) is 2.21. The van der Waals surface area contributed by atoms with Gasteiger partial charge in [0, 0.05) is 20.2 Å². The Bertz CT molecular complexity index is 374. The van der Waals surface area contributed by atoms with E-state index in [-0.39, 0.29) is 6.03 Å². The molecule has 2 amide bonds. The van der Waals surface area contributed by atoms with E-state index in [0.717, 1.165) is 24.1 Å². The van der Waals surface area contributed by atoms with Gasteiger partial charge in [-0.3, -0.25) is 0 Å². The fourth-order valence-electron chi connectivity index (χ4n) is 1.64. The van der Waals surface area contributed by atoms with E-state index in [9.17, 15) is 4.79 Å². The van der Waals surface area contributed by atoms with Gasteiger partial charge in [-0.05, 0) is 23.5 Å². The number of carbonyl (C=O) groups is 1. The molecular formula is C15H24N2O2. The number of methoxy groups -OCH3 is 1. The van der Waals surface area contributed by atoms with Gasteiger partial charge in [-0.1, -0.05) is 38.1 Å². The Labute approximate surface area is 115 Å². The summed E-state index contributed by atoms with van der Waals surface area (Å²) in [6, 6.07) is 7.92. The number of nitrogens with one attached hydrogen (secondary N) is 2. The number of urea groups is 1. The van der Waals surface area contributed by atoms with Crippen molar-refractivity contribution in [2.24, 2.45) is 5.92 Å². The van der Waals surface area contributed by atoms with Gasteiger partial charge in [-0.15, -0.1) is 0 Å². The molecule has 4 nitrogen and oxygen atoms in total. The van der Waals surface area contributed by atoms with E-state index in [4.69, 9.17) is 4.74 Å². The number of amides is 2. The van der Waals surface area contributed by atoms with Crippen molar-refractivity contribution in [3.8, 4) is 0 Å². The molecule has 0 heterocycles. The quantitative estimate of drug-likeness (QED) is 0.795. The van der Waals surface area contributed by atoms with Crippen LogP contribution in [0.4, 0.5) is 4.79 Å². The molecule has 0 aliphatic carbocycles. The fourth-order valence-corrected chi connectivity index (χ4v) is 1.64. The molecule has 4 heteroatoms. The van der Waals surface area contributed by atoms with Gasteiger partial charge in [0.2, 0.25) is 0 Å². The summed E-state index contributed by atoms with van der Waals surface area (Å²) in [7, 11) is 1.68. The summed E-state index contributed by atoms with van der Waals surface area (Å²) in [4.78, 5) is 11.5. The van der Waals surface area contributed by atoms with Crippen LogP contribution >= 0.6 is 0 Å². The molecule has 106 valence electrons. The van der Waals surface area contributed by atoms with Crippen LogP contribution in [-0.4, -0.2) is 19.7 Å². The molecule has 0 aromatic heterocycles. The van der Waals surface area contributed by atoms with Gasteiger partial charge in [-0.2, -0.15) is 0 Å². The number of hydrogen-bond donors (Lipinski definition) is 2. The first-order valence-electron chi connectivity index (χ1n) is 6.70. The lowest BCUT2D eigenvalue weighted by molar-refractivity contribution is 0.185. The number of carbonyl (C=O) groups excluding carboxylic acids is 1. The van der Waals surface area contributed by atoms with Crippen molar-refractivity contribution >= 4 is 6.03 Å². The van der Waals surface area contributed by atoms with Crippen LogP contribution in [0.2, 0.25) is 0 Å². The molecule has 1 rings (SSSR count). The maximum Gasteiger partial charge on any atom is 0.315 e. The zero-order valence-corrected chi connectivity index (χ0v) is 12.0. The molecule has 0 unspecified atom stereocenters. The van der Waals surface area contributed by atoms with Gasteiger partial charge < -0.3 is 15.4 Å². The highest BCUT2D eigenvalue weighted by atomic mass is 16.5. The SMILES string of the molecule is COCc1ccc(CNC(=O)NCCC(C)C)cc1. The van der Waals surface area contributed by atoms with Crippen molar-refractivity contribution in [3.05, 3.63) is 35.4 Å². The lowest BCUT2D eigenvalue weighted by atomic mass is 10.1. The van der Waals surface area contributed by atoms with E-state index in [1.807, 2.05) is 24.3 Å². The Hall–Kier alpha value is -1.55. The van der Waals surface area contributed by atoms with Gasteiger partial charge in [0.15, 0.2) is 0 Å². The van der Waals surface area contributed by atoms with E-state index in [1.54, 1.807) is 7.11 Å². The molecule has 0 saturated heterocycles. The Morgan fingerprint density at radius 1 is 1.16 bits per heavy atom. The van der Waals surface area contributed by atoms with Crippen LogP contribution in [0.3, 0.4) is 0 Å². The molecule has 0 atom stereocenters. The summed E-state index contributed by atoms with van der Waals surface area (Å²) < 4.78 is 5.05. The maximum atomic E-state index is 11.5. The highest BCUT2D eigenvalue weighted by molar-refractivity contribution is 5.73. The van der Waals surface area contributed by atoms with Gasteiger partial charge in [-0.25, -0.2) is 4.79 Å². The van der Waals surface area contributed by atoms with Crippen molar-refractivity contribution in [3.63, 3.8) is 0 Å². The number of benzene rings is 1. The van der Waals surface area contributed by atoms with Crippen LogP contribution in [0.5, 0.6) is 0 Å². The zero-order valence-electron chi connectivity index (χ0n) is 12.0. The largest absolute Gasteiger partial charge is 0.380 e. The third-order valence-corrected chi connectivity index (χ3v) is 2.79. The minimum absolute atomic E-state index is 0.110. The number of hydrogen-bond acceptors (Lipinski definition) is 2. The molecule has 0 saturated carbocycles. The highest BCUT2D eigenvalue weighted by Crippen LogP contribution is 2.05. The summed E-state index contributed by atoms with van der Waals surface area (Å²) in [5.74, 6) is 0.605. The average Bonchev–Trinajstić information content (AvgIpc) is 2.38. The summed E-state index contributed by atoms with van der Waals surface area (Å²) in [6.45, 7) is 6.16. The molecule has 1 aromatic rings. The lowest BCUT2D eigenvalue weighted by Gasteiger charge is -2.09. The smallest absolute Gasteiger partial charge is 0.315 e. The predicted molar refractivity (Wildman–Crippen MR) is 76.8 cm³/mol. The van der Waals surface area contributed by atoms with E-state index < -0.39 is 0 Å². The van der Waals surface area contributed by atoms with Crippen molar-refractivity contribution < 1.29 is 9.53 Å². The normalized spacial score (nSPS) is 10.5. The van der Waals surface area contributed by atoms with Gasteiger partial charge in [0.25, 0.3) is 0 Å². The van der Waals surface area contributed by atoms with E-state index >= 15 is 0 Å². The number of rotatable bonds is 7. The van der Waals surface area contributed by atoms with Gasteiger partial charge in [0.1, 0.15) is 0 Å². The molecule has 0 radical (unpaired) electrons. The molecular weight excluding hydrogens is 240 g/mol. The van der Waals surface area contributed by atoms with Crippen molar-refractivity contribution in [1.82, 2.24) is 10.6 Å². The van der Waals surface area contributed by atoms with E-state index in [2.05, 4.69) is 24.5 Å². The third-order valence-electron chi connectivity index (χ3n) is 2.79. The second-order valence-corrected chi connectivity index (χ2v) is 5.04. The van der Waals surface area contributed by atoms with Crippen molar-refractivity contribution in [2.45, 2.75) is 33.4 Å². The van der Waals surface area contributed by atoms with Crippen LogP contribution in [0.15, 0.2) is 24.3 Å². The van der Waals surface area contributed by atoms with E-state index in [0.29, 0.717) is 19.1 Å². The molecule has 0 aliphatic heterocycles. The molecule has 0 spiro atoms. The third kappa shape index (κ3) is 6.82. The second kappa shape index (κ2) is 8.53.